The van der Waals surface area contributed by atoms with Gasteiger partial charge in [-0.3, -0.25) is 4.79 Å². The van der Waals surface area contributed by atoms with Gasteiger partial charge in [0.2, 0.25) is 5.91 Å². The number of carbonyl (C=O) groups excluding carboxylic acids is 2. The summed E-state index contributed by atoms with van der Waals surface area (Å²) < 4.78 is 0. The van der Waals surface area contributed by atoms with Gasteiger partial charge in [0.05, 0.1) is 6.04 Å². The molecule has 5 heteroatoms. The van der Waals surface area contributed by atoms with Crippen LogP contribution in [0.4, 0.5) is 4.79 Å². The fraction of sp³-hybridized carbons (Fsp3) is 0.417. The van der Waals surface area contributed by atoms with Gasteiger partial charge in [0.15, 0.2) is 0 Å². The van der Waals surface area contributed by atoms with E-state index in [1.807, 2.05) is 46.2 Å². The molecule has 2 aliphatic heterocycles. The number of benzene rings is 2. The topological polar surface area (TPSA) is 52.7 Å². The van der Waals surface area contributed by atoms with E-state index in [1.165, 1.54) is 11.1 Å². The molecular formula is C24H29N3O2. The Balaban J connectivity index is 1.44. The lowest BCUT2D eigenvalue weighted by Crippen LogP contribution is -2.46. The Hall–Kier alpha value is -2.82. The van der Waals surface area contributed by atoms with Gasteiger partial charge in [0.25, 0.3) is 0 Å². The first-order chi connectivity index (χ1) is 14.1. The van der Waals surface area contributed by atoms with Gasteiger partial charge >= 0.3 is 6.03 Å². The van der Waals surface area contributed by atoms with Crippen LogP contribution in [0.5, 0.6) is 0 Å². The SMILES string of the molecule is CC(NC(=O)N1CCC(N2CCCC2=O)C1)C(c1ccccc1)c1ccccc1. The summed E-state index contributed by atoms with van der Waals surface area (Å²) in [6, 6.07) is 20.7. The van der Waals surface area contributed by atoms with E-state index < -0.39 is 0 Å². The maximum absolute atomic E-state index is 13.0. The molecule has 0 saturated carbocycles. The molecule has 2 aliphatic rings. The van der Waals surface area contributed by atoms with Crippen LogP contribution in [-0.2, 0) is 4.79 Å². The molecule has 0 spiro atoms. The van der Waals surface area contributed by atoms with Crippen molar-refractivity contribution in [3.8, 4) is 0 Å². The van der Waals surface area contributed by atoms with Crippen molar-refractivity contribution in [3.63, 3.8) is 0 Å². The maximum Gasteiger partial charge on any atom is 0.317 e. The molecule has 2 unspecified atom stereocenters. The minimum atomic E-state index is -0.0558. The van der Waals surface area contributed by atoms with Gasteiger partial charge < -0.3 is 15.1 Å². The van der Waals surface area contributed by atoms with Crippen molar-refractivity contribution in [3.05, 3.63) is 71.8 Å². The predicted molar refractivity (Wildman–Crippen MR) is 114 cm³/mol. The number of hydrogen-bond donors (Lipinski definition) is 1. The summed E-state index contributed by atoms with van der Waals surface area (Å²) >= 11 is 0. The van der Waals surface area contributed by atoms with E-state index in [1.54, 1.807) is 0 Å². The van der Waals surface area contributed by atoms with Crippen LogP contribution in [0.2, 0.25) is 0 Å². The van der Waals surface area contributed by atoms with Gasteiger partial charge in [0.1, 0.15) is 0 Å². The van der Waals surface area contributed by atoms with Crippen LogP contribution in [0.15, 0.2) is 60.7 Å². The molecule has 3 amide bonds. The third kappa shape index (κ3) is 4.29. The van der Waals surface area contributed by atoms with E-state index in [4.69, 9.17) is 0 Å². The van der Waals surface area contributed by atoms with Crippen molar-refractivity contribution >= 4 is 11.9 Å². The summed E-state index contributed by atoms with van der Waals surface area (Å²) in [6.45, 7) is 4.24. The first-order valence-corrected chi connectivity index (χ1v) is 10.6. The Morgan fingerprint density at radius 1 is 1.00 bits per heavy atom. The molecular weight excluding hydrogens is 362 g/mol. The lowest BCUT2D eigenvalue weighted by Gasteiger charge is -2.29. The molecule has 0 aromatic heterocycles. The number of rotatable bonds is 5. The molecule has 2 aromatic rings. The highest BCUT2D eigenvalue weighted by Gasteiger charge is 2.35. The van der Waals surface area contributed by atoms with Crippen LogP contribution in [0.3, 0.4) is 0 Å². The zero-order valence-corrected chi connectivity index (χ0v) is 17.0. The Kier molecular flexibility index (Phi) is 5.84. The Morgan fingerprint density at radius 2 is 1.62 bits per heavy atom. The van der Waals surface area contributed by atoms with Crippen molar-refractivity contribution in [1.29, 1.82) is 0 Å². The van der Waals surface area contributed by atoms with Crippen LogP contribution in [0.25, 0.3) is 0 Å². The summed E-state index contributed by atoms with van der Waals surface area (Å²) in [7, 11) is 0. The molecule has 2 saturated heterocycles. The van der Waals surface area contributed by atoms with Gasteiger partial charge in [0, 0.05) is 38.0 Å². The third-order valence-electron chi connectivity index (χ3n) is 6.17. The minimum Gasteiger partial charge on any atom is -0.338 e. The Morgan fingerprint density at radius 3 is 2.17 bits per heavy atom. The van der Waals surface area contributed by atoms with Crippen molar-refractivity contribution in [2.24, 2.45) is 0 Å². The molecule has 4 rings (SSSR count). The highest BCUT2D eigenvalue weighted by molar-refractivity contribution is 5.79. The van der Waals surface area contributed by atoms with E-state index >= 15 is 0 Å². The van der Waals surface area contributed by atoms with Crippen LogP contribution < -0.4 is 5.32 Å². The standard InChI is InChI=1S/C24H29N3O2/c1-18(23(19-9-4-2-5-10-19)20-11-6-3-7-12-20)25-24(29)26-16-14-21(17-26)27-15-8-13-22(27)28/h2-7,9-12,18,21,23H,8,13-17H2,1H3,(H,25,29). The van der Waals surface area contributed by atoms with Crippen LogP contribution in [-0.4, -0.2) is 53.5 Å². The van der Waals surface area contributed by atoms with E-state index in [9.17, 15) is 9.59 Å². The number of nitrogens with zero attached hydrogens (tertiary/aromatic N) is 2. The van der Waals surface area contributed by atoms with Crippen molar-refractivity contribution < 1.29 is 9.59 Å². The zero-order valence-electron chi connectivity index (χ0n) is 17.0. The van der Waals surface area contributed by atoms with Gasteiger partial charge in [-0.05, 0) is 30.9 Å². The van der Waals surface area contributed by atoms with Crippen LogP contribution in [0.1, 0.15) is 43.2 Å². The van der Waals surface area contributed by atoms with E-state index in [0.717, 1.165) is 19.4 Å². The normalized spacial score (nSPS) is 20.3. The molecule has 1 N–H and O–H groups in total. The number of likely N-dealkylation sites (tertiary alicyclic amines) is 2. The first-order valence-electron chi connectivity index (χ1n) is 10.6. The summed E-state index contributed by atoms with van der Waals surface area (Å²) in [5.41, 5.74) is 2.38. The molecule has 2 atom stereocenters. The molecule has 2 heterocycles. The van der Waals surface area contributed by atoms with E-state index in [0.29, 0.717) is 19.5 Å². The molecule has 0 aliphatic carbocycles. The predicted octanol–water partition coefficient (Wildman–Crippen LogP) is 3.61. The summed E-state index contributed by atoms with van der Waals surface area (Å²) in [5, 5.41) is 3.22. The number of carbonyl (C=O) groups is 2. The molecule has 2 aromatic carbocycles. The monoisotopic (exact) mass is 391 g/mol. The third-order valence-corrected chi connectivity index (χ3v) is 6.17. The lowest BCUT2D eigenvalue weighted by atomic mass is 9.86. The molecule has 0 bridgehead atoms. The highest BCUT2D eigenvalue weighted by atomic mass is 16.2. The number of nitrogens with one attached hydrogen (secondary N) is 1. The van der Waals surface area contributed by atoms with Crippen molar-refractivity contribution in [2.75, 3.05) is 19.6 Å². The maximum atomic E-state index is 13.0. The molecule has 29 heavy (non-hydrogen) atoms. The fourth-order valence-corrected chi connectivity index (χ4v) is 4.70. The van der Waals surface area contributed by atoms with Crippen LogP contribution in [0, 0.1) is 0 Å². The zero-order chi connectivity index (χ0) is 20.2. The molecule has 152 valence electrons. The lowest BCUT2D eigenvalue weighted by molar-refractivity contribution is -0.129. The van der Waals surface area contributed by atoms with Crippen molar-refractivity contribution in [2.45, 2.75) is 44.2 Å². The summed E-state index contributed by atoms with van der Waals surface area (Å²) in [5.74, 6) is 0.318. The van der Waals surface area contributed by atoms with Gasteiger partial charge in [-0.25, -0.2) is 4.79 Å². The average molecular weight is 392 g/mol. The molecule has 2 fully saturated rings. The Labute approximate surface area is 172 Å². The Bertz CT molecular complexity index is 800. The summed E-state index contributed by atoms with van der Waals surface area (Å²) in [4.78, 5) is 28.8. The van der Waals surface area contributed by atoms with E-state index in [2.05, 4.69) is 36.5 Å². The van der Waals surface area contributed by atoms with Gasteiger partial charge in [-0.2, -0.15) is 0 Å². The smallest absolute Gasteiger partial charge is 0.317 e. The van der Waals surface area contributed by atoms with Crippen molar-refractivity contribution in [1.82, 2.24) is 15.1 Å². The quantitative estimate of drug-likeness (QED) is 0.846. The molecule has 5 nitrogen and oxygen atoms in total. The van der Waals surface area contributed by atoms with Gasteiger partial charge in [-0.1, -0.05) is 60.7 Å². The summed E-state index contributed by atoms with van der Waals surface area (Å²) in [6.07, 6.45) is 2.46. The average Bonchev–Trinajstić information content (AvgIpc) is 3.38. The number of urea groups is 1. The fourth-order valence-electron chi connectivity index (χ4n) is 4.70. The second-order valence-corrected chi connectivity index (χ2v) is 8.12. The second kappa shape index (κ2) is 8.68. The second-order valence-electron chi connectivity index (χ2n) is 8.12. The number of amides is 3. The first kappa shape index (κ1) is 19.5. The van der Waals surface area contributed by atoms with Gasteiger partial charge in [-0.15, -0.1) is 0 Å². The van der Waals surface area contributed by atoms with Crippen LogP contribution >= 0.6 is 0 Å². The molecule has 0 radical (unpaired) electrons. The minimum absolute atomic E-state index is 0.0384. The highest BCUT2D eigenvalue weighted by Crippen LogP contribution is 2.28. The largest absolute Gasteiger partial charge is 0.338 e. The van der Waals surface area contributed by atoms with E-state index in [-0.39, 0.29) is 29.9 Å². The number of hydrogen-bond acceptors (Lipinski definition) is 2.